The molecule has 1 fully saturated rings. The molecule has 0 amide bonds. The number of benzene rings is 1. The molecule has 0 unspecified atom stereocenters. The normalized spacial score (nSPS) is 14.4. The molecule has 1 aliphatic rings. The second-order valence-corrected chi connectivity index (χ2v) is 7.12. The van der Waals surface area contributed by atoms with E-state index in [9.17, 15) is 0 Å². The number of rotatable bonds is 6. The second-order valence-electron chi connectivity index (χ2n) is 5.42. The van der Waals surface area contributed by atoms with Crippen molar-refractivity contribution in [2.24, 2.45) is 0 Å². The molecule has 0 spiro atoms. The SMILES string of the molecule is Cc1nc(COc2c(Cl)cccc2CNC2CC2)sc1C. The molecule has 5 heteroatoms. The van der Waals surface area contributed by atoms with Gasteiger partial charge in [-0.05, 0) is 32.8 Å². The van der Waals surface area contributed by atoms with Gasteiger partial charge in [-0.15, -0.1) is 11.3 Å². The molecule has 3 nitrogen and oxygen atoms in total. The predicted octanol–water partition coefficient (Wildman–Crippen LogP) is 4.24. The van der Waals surface area contributed by atoms with Gasteiger partial charge >= 0.3 is 0 Å². The third-order valence-corrected chi connectivity index (χ3v) is 4.96. The van der Waals surface area contributed by atoms with Gasteiger partial charge in [0, 0.05) is 23.0 Å². The van der Waals surface area contributed by atoms with Crippen molar-refractivity contribution in [1.29, 1.82) is 0 Å². The number of nitrogens with zero attached hydrogens (tertiary/aromatic N) is 1. The van der Waals surface area contributed by atoms with Crippen molar-refractivity contribution in [2.75, 3.05) is 0 Å². The molecule has 1 N–H and O–H groups in total. The molecule has 21 heavy (non-hydrogen) atoms. The third-order valence-electron chi connectivity index (χ3n) is 3.62. The van der Waals surface area contributed by atoms with Gasteiger partial charge in [0.05, 0.1) is 10.7 Å². The van der Waals surface area contributed by atoms with Gasteiger partial charge in [-0.1, -0.05) is 23.7 Å². The minimum Gasteiger partial charge on any atom is -0.485 e. The molecule has 0 bridgehead atoms. The Balaban J connectivity index is 1.70. The highest BCUT2D eigenvalue weighted by Crippen LogP contribution is 2.31. The van der Waals surface area contributed by atoms with E-state index in [-0.39, 0.29) is 0 Å². The molecule has 0 radical (unpaired) electrons. The van der Waals surface area contributed by atoms with Crippen LogP contribution in [0, 0.1) is 13.8 Å². The van der Waals surface area contributed by atoms with Crippen LogP contribution in [-0.4, -0.2) is 11.0 Å². The van der Waals surface area contributed by atoms with Crippen molar-refractivity contribution in [3.63, 3.8) is 0 Å². The van der Waals surface area contributed by atoms with Gasteiger partial charge in [0.2, 0.25) is 0 Å². The largest absolute Gasteiger partial charge is 0.485 e. The number of thiazole rings is 1. The van der Waals surface area contributed by atoms with E-state index in [2.05, 4.69) is 23.3 Å². The zero-order valence-corrected chi connectivity index (χ0v) is 13.9. The highest BCUT2D eigenvalue weighted by molar-refractivity contribution is 7.11. The Morgan fingerprint density at radius 1 is 1.38 bits per heavy atom. The average Bonchev–Trinajstić information content (AvgIpc) is 3.22. The lowest BCUT2D eigenvalue weighted by atomic mass is 10.2. The summed E-state index contributed by atoms with van der Waals surface area (Å²) in [6.45, 7) is 5.38. The molecule has 2 aromatic rings. The highest BCUT2D eigenvalue weighted by atomic mass is 35.5. The molecule has 0 aliphatic heterocycles. The number of halogens is 1. The van der Waals surface area contributed by atoms with Crippen molar-refractivity contribution in [3.05, 3.63) is 44.4 Å². The van der Waals surface area contributed by atoms with Crippen molar-refractivity contribution in [2.45, 2.75) is 45.9 Å². The Bertz CT molecular complexity index is 618. The molecule has 0 saturated heterocycles. The molecule has 112 valence electrons. The maximum absolute atomic E-state index is 6.29. The van der Waals surface area contributed by atoms with Crippen molar-refractivity contribution < 1.29 is 4.74 Å². The zero-order chi connectivity index (χ0) is 14.8. The number of aryl methyl sites for hydroxylation is 2. The lowest BCUT2D eigenvalue weighted by Gasteiger charge is -2.13. The van der Waals surface area contributed by atoms with Crippen molar-refractivity contribution in [1.82, 2.24) is 10.3 Å². The summed E-state index contributed by atoms with van der Waals surface area (Å²) < 4.78 is 5.95. The van der Waals surface area contributed by atoms with E-state index in [0.29, 0.717) is 17.7 Å². The van der Waals surface area contributed by atoms with Crippen molar-refractivity contribution in [3.8, 4) is 5.75 Å². The van der Waals surface area contributed by atoms with E-state index in [0.717, 1.165) is 28.6 Å². The number of ether oxygens (including phenoxy) is 1. The van der Waals surface area contributed by atoms with E-state index >= 15 is 0 Å². The molecule has 1 aromatic heterocycles. The molecular weight excluding hydrogens is 304 g/mol. The Morgan fingerprint density at radius 3 is 2.86 bits per heavy atom. The Labute approximate surface area is 134 Å². The first-order chi connectivity index (χ1) is 10.1. The molecular formula is C16H19ClN2OS. The van der Waals surface area contributed by atoms with Crippen LogP contribution in [0.5, 0.6) is 5.75 Å². The lowest BCUT2D eigenvalue weighted by molar-refractivity contribution is 0.301. The summed E-state index contributed by atoms with van der Waals surface area (Å²) in [5.74, 6) is 0.776. The van der Waals surface area contributed by atoms with Gasteiger partial charge in [0.25, 0.3) is 0 Å². The second kappa shape index (κ2) is 6.34. The first-order valence-electron chi connectivity index (χ1n) is 7.20. The molecule has 0 atom stereocenters. The predicted molar refractivity (Wildman–Crippen MR) is 87.2 cm³/mol. The fourth-order valence-corrected chi connectivity index (χ4v) is 3.23. The zero-order valence-electron chi connectivity index (χ0n) is 12.3. The summed E-state index contributed by atoms with van der Waals surface area (Å²) >= 11 is 7.97. The third kappa shape index (κ3) is 3.76. The number of hydrogen-bond acceptors (Lipinski definition) is 4. The van der Waals surface area contributed by atoms with Crippen LogP contribution in [-0.2, 0) is 13.2 Å². The summed E-state index contributed by atoms with van der Waals surface area (Å²) in [6.07, 6.45) is 2.54. The van der Waals surface area contributed by atoms with Crippen LogP contribution >= 0.6 is 22.9 Å². The van der Waals surface area contributed by atoms with Gasteiger partial charge in [0.15, 0.2) is 0 Å². The minimum atomic E-state index is 0.472. The van der Waals surface area contributed by atoms with E-state index in [1.54, 1.807) is 11.3 Å². The number of aromatic nitrogens is 1. The first kappa shape index (κ1) is 14.8. The first-order valence-corrected chi connectivity index (χ1v) is 8.39. The van der Waals surface area contributed by atoms with Gasteiger partial charge in [-0.25, -0.2) is 4.98 Å². The topological polar surface area (TPSA) is 34.1 Å². The van der Waals surface area contributed by atoms with Gasteiger partial charge in [0.1, 0.15) is 17.4 Å². The van der Waals surface area contributed by atoms with Gasteiger partial charge in [-0.2, -0.15) is 0 Å². The average molecular weight is 323 g/mol. The standard InChI is InChI=1S/C16H19ClN2OS/c1-10-11(2)21-15(19-10)9-20-16-12(4-3-5-14(16)17)8-18-13-6-7-13/h3-5,13,18H,6-9H2,1-2H3. The molecule has 3 rings (SSSR count). The van der Waals surface area contributed by atoms with Crippen molar-refractivity contribution >= 4 is 22.9 Å². The monoisotopic (exact) mass is 322 g/mol. The molecule has 1 aliphatic carbocycles. The maximum atomic E-state index is 6.29. The Hall–Kier alpha value is -1.10. The van der Waals surface area contributed by atoms with Crippen LogP contribution in [0.3, 0.4) is 0 Å². The van der Waals surface area contributed by atoms with Crippen LogP contribution in [0.1, 0.15) is 34.0 Å². The molecule has 1 aromatic carbocycles. The van der Waals surface area contributed by atoms with E-state index < -0.39 is 0 Å². The maximum Gasteiger partial charge on any atom is 0.143 e. The Kier molecular flexibility index (Phi) is 4.48. The van der Waals surface area contributed by atoms with Crippen LogP contribution in [0.2, 0.25) is 5.02 Å². The molecule has 1 saturated carbocycles. The van der Waals surface area contributed by atoms with E-state index in [1.165, 1.54) is 17.7 Å². The lowest BCUT2D eigenvalue weighted by Crippen LogP contribution is -2.16. The van der Waals surface area contributed by atoms with Gasteiger partial charge in [-0.3, -0.25) is 0 Å². The summed E-state index contributed by atoms with van der Waals surface area (Å²) in [5, 5.41) is 5.15. The van der Waals surface area contributed by atoms with E-state index in [1.807, 2.05) is 19.1 Å². The van der Waals surface area contributed by atoms with Gasteiger partial charge < -0.3 is 10.1 Å². The fourth-order valence-electron chi connectivity index (χ4n) is 2.13. The van der Waals surface area contributed by atoms with Crippen LogP contribution < -0.4 is 10.1 Å². The fraction of sp³-hybridized carbons (Fsp3) is 0.438. The minimum absolute atomic E-state index is 0.472. The smallest absolute Gasteiger partial charge is 0.143 e. The quantitative estimate of drug-likeness (QED) is 0.863. The van der Waals surface area contributed by atoms with Crippen LogP contribution in [0.15, 0.2) is 18.2 Å². The summed E-state index contributed by atoms with van der Waals surface area (Å²) in [7, 11) is 0. The summed E-state index contributed by atoms with van der Waals surface area (Å²) in [4.78, 5) is 5.74. The van der Waals surface area contributed by atoms with E-state index in [4.69, 9.17) is 16.3 Å². The summed E-state index contributed by atoms with van der Waals surface area (Å²) in [6, 6.07) is 6.57. The van der Waals surface area contributed by atoms with Crippen LogP contribution in [0.25, 0.3) is 0 Å². The number of hydrogen-bond donors (Lipinski definition) is 1. The highest BCUT2D eigenvalue weighted by Gasteiger charge is 2.21. The number of para-hydroxylation sites is 1. The number of nitrogens with one attached hydrogen (secondary N) is 1. The molecule has 1 heterocycles. The van der Waals surface area contributed by atoms with Crippen LogP contribution in [0.4, 0.5) is 0 Å². The summed E-state index contributed by atoms with van der Waals surface area (Å²) in [5.41, 5.74) is 2.19. The Morgan fingerprint density at radius 2 is 2.19 bits per heavy atom.